The van der Waals surface area contributed by atoms with E-state index in [1.807, 2.05) is 18.2 Å². The lowest BCUT2D eigenvalue weighted by Gasteiger charge is -2.05. The van der Waals surface area contributed by atoms with Gasteiger partial charge in [-0.3, -0.25) is 4.98 Å². The van der Waals surface area contributed by atoms with Crippen molar-refractivity contribution in [1.29, 1.82) is 0 Å². The molecule has 0 saturated carbocycles. The Morgan fingerprint density at radius 3 is 2.40 bits per heavy atom. The van der Waals surface area contributed by atoms with Crippen LogP contribution in [0.5, 0.6) is 0 Å². The van der Waals surface area contributed by atoms with Crippen LogP contribution in [0.15, 0.2) is 47.4 Å². The molecule has 1 aromatic heterocycles. The highest BCUT2D eigenvalue weighted by atomic mass is 32.2. The van der Waals surface area contributed by atoms with Gasteiger partial charge in [0.25, 0.3) is 0 Å². The first kappa shape index (κ1) is 14.7. The first-order valence-electron chi connectivity index (χ1n) is 6.47. The molecule has 0 atom stereocenters. The van der Waals surface area contributed by atoms with Crippen molar-refractivity contribution >= 4 is 9.84 Å². The molecule has 0 spiro atoms. The van der Waals surface area contributed by atoms with Gasteiger partial charge in [-0.25, -0.2) is 8.42 Å². The number of rotatable bonds is 5. The zero-order valence-electron chi connectivity index (χ0n) is 11.4. The van der Waals surface area contributed by atoms with Crippen LogP contribution < -0.4 is 5.73 Å². The minimum atomic E-state index is -3.16. The third-order valence-corrected chi connectivity index (χ3v) is 4.15. The van der Waals surface area contributed by atoms with Gasteiger partial charge >= 0.3 is 0 Å². The Bertz CT molecular complexity index is 679. The fourth-order valence-corrected chi connectivity index (χ4v) is 2.57. The second-order valence-corrected chi connectivity index (χ2v) is 6.72. The summed E-state index contributed by atoms with van der Waals surface area (Å²) in [6.45, 7) is 0.648. The van der Waals surface area contributed by atoms with Crippen LogP contribution in [-0.4, -0.2) is 26.2 Å². The predicted octanol–water partition coefficient (Wildman–Crippen LogP) is 2.04. The van der Waals surface area contributed by atoms with Crippen molar-refractivity contribution in [3.05, 3.63) is 48.2 Å². The van der Waals surface area contributed by atoms with E-state index in [-0.39, 0.29) is 0 Å². The van der Waals surface area contributed by atoms with E-state index in [0.29, 0.717) is 11.4 Å². The van der Waals surface area contributed by atoms with Gasteiger partial charge in [-0.05, 0) is 43.7 Å². The molecule has 4 nitrogen and oxygen atoms in total. The molecule has 2 N–H and O–H groups in total. The van der Waals surface area contributed by atoms with Gasteiger partial charge in [0.15, 0.2) is 9.84 Å². The Balaban J connectivity index is 2.27. The number of nitrogens with two attached hydrogens (primary N) is 1. The number of sulfone groups is 1. The van der Waals surface area contributed by atoms with Gasteiger partial charge in [0.1, 0.15) is 0 Å². The molecule has 20 heavy (non-hydrogen) atoms. The first-order valence-corrected chi connectivity index (χ1v) is 8.36. The number of hydrogen-bond acceptors (Lipinski definition) is 4. The molecule has 106 valence electrons. The van der Waals surface area contributed by atoms with Crippen LogP contribution >= 0.6 is 0 Å². The lowest BCUT2D eigenvalue weighted by Crippen LogP contribution is -2.02. The van der Waals surface area contributed by atoms with Gasteiger partial charge in [-0.15, -0.1) is 0 Å². The maximum Gasteiger partial charge on any atom is 0.175 e. The van der Waals surface area contributed by atoms with Gasteiger partial charge < -0.3 is 5.73 Å². The Morgan fingerprint density at radius 2 is 1.80 bits per heavy atom. The zero-order chi connectivity index (χ0) is 14.6. The van der Waals surface area contributed by atoms with Gasteiger partial charge in [-0.2, -0.15) is 0 Å². The third kappa shape index (κ3) is 3.65. The number of hydrogen-bond donors (Lipinski definition) is 1. The van der Waals surface area contributed by atoms with E-state index in [1.54, 1.807) is 24.3 Å². The molecule has 0 bridgehead atoms. The summed E-state index contributed by atoms with van der Waals surface area (Å²) < 4.78 is 22.9. The topological polar surface area (TPSA) is 73.0 Å². The van der Waals surface area contributed by atoms with Gasteiger partial charge in [-0.1, -0.05) is 18.2 Å². The van der Waals surface area contributed by atoms with Crippen LogP contribution in [-0.2, 0) is 16.3 Å². The average molecular weight is 290 g/mol. The number of nitrogens with zero attached hydrogens (tertiary/aromatic N) is 1. The Morgan fingerprint density at radius 1 is 1.10 bits per heavy atom. The van der Waals surface area contributed by atoms with Gasteiger partial charge in [0, 0.05) is 17.5 Å². The summed E-state index contributed by atoms with van der Waals surface area (Å²) >= 11 is 0. The molecule has 0 fully saturated rings. The molecule has 0 saturated heterocycles. The van der Waals surface area contributed by atoms with Crippen molar-refractivity contribution in [3.63, 3.8) is 0 Å². The number of aromatic nitrogens is 1. The molecule has 5 heteroatoms. The molecule has 1 aromatic carbocycles. The van der Waals surface area contributed by atoms with E-state index < -0.39 is 9.84 Å². The minimum Gasteiger partial charge on any atom is -0.330 e. The van der Waals surface area contributed by atoms with E-state index in [9.17, 15) is 8.42 Å². The van der Waals surface area contributed by atoms with E-state index >= 15 is 0 Å². The standard InChI is InChI=1S/C15H18N2O2S/c1-20(18,19)14-9-7-12(8-10-14)15-6-2-4-13(17-15)5-3-11-16/h2,4,6-10H,3,5,11,16H2,1H3. The number of aryl methyl sites for hydroxylation is 1. The fraction of sp³-hybridized carbons (Fsp3) is 0.267. The summed E-state index contributed by atoms with van der Waals surface area (Å²) in [6, 6.07) is 12.6. The summed E-state index contributed by atoms with van der Waals surface area (Å²) in [5.74, 6) is 0. The van der Waals surface area contributed by atoms with Crippen molar-refractivity contribution in [3.8, 4) is 11.3 Å². The minimum absolute atomic E-state index is 0.320. The molecule has 0 aliphatic carbocycles. The second-order valence-electron chi connectivity index (χ2n) is 4.70. The molecule has 0 unspecified atom stereocenters. The van der Waals surface area contributed by atoms with E-state index in [1.165, 1.54) is 6.26 Å². The van der Waals surface area contributed by atoms with Crippen molar-refractivity contribution < 1.29 is 8.42 Å². The van der Waals surface area contributed by atoms with Crippen LogP contribution in [0.25, 0.3) is 11.3 Å². The number of pyridine rings is 1. The highest BCUT2D eigenvalue weighted by Crippen LogP contribution is 2.20. The summed E-state index contributed by atoms with van der Waals surface area (Å²) in [5, 5.41) is 0. The lowest BCUT2D eigenvalue weighted by atomic mass is 10.1. The van der Waals surface area contributed by atoms with Crippen LogP contribution in [0.1, 0.15) is 12.1 Å². The van der Waals surface area contributed by atoms with Crippen molar-refractivity contribution in [2.24, 2.45) is 5.73 Å². The Hall–Kier alpha value is -1.72. The maximum absolute atomic E-state index is 11.4. The summed E-state index contributed by atoms with van der Waals surface area (Å²) in [7, 11) is -3.16. The van der Waals surface area contributed by atoms with E-state index in [2.05, 4.69) is 4.98 Å². The smallest absolute Gasteiger partial charge is 0.175 e. The third-order valence-electron chi connectivity index (χ3n) is 3.02. The molecule has 0 aliphatic heterocycles. The van der Waals surface area contributed by atoms with Crippen molar-refractivity contribution in [2.75, 3.05) is 12.8 Å². The van der Waals surface area contributed by atoms with Crippen molar-refractivity contribution in [2.45, 2.75) is 17.7 Å². The lowest BCUT2D eigenvalue weighted by molar-refractivity contribution is 0.602. The molecular weight excluding hydrogens is 272 g/mol. The molecular formula is C15H18N2O2S. The highest BCUT2D eigenvalue weighted by Gasteiger charge is 2.07. The predicted molar refractivity (Wildman–Crippen MR) is 80.2 cm³/mol. The Labute approximate surface area is 119 Å². The van der Waals surface area contributed by atoms with Gasteiger partial charge in [0.05, 0.1) is 10.6 Å². The normalized spacial score (nSPS) is 11.5. The van der Waals surface area contributed by atoms with Crippen LogP contribution in [0.3, 0.4) is 0 Å². The molecule has 2 aromatic rings. The molecule has 0 aliphatic rings. The largest absolute Gasteiger partial charge is 0.330 e. The maximum atomic E-state index is 11.4. The summed E-state index contributed by atoms with van der Waals surface area (Å²) in [6.07, 6.45) is 2.96. The van der Waals surface area contributed by atoms with Crippen LogP contribution in [0.4, 0.5) is 0 Å². The molecule has 0 amide bonds. The Kier molecular flexibility index (Phi) is 4.52. The first-order chi connectivity index (χ1) is 9.50. The molecule has 1 heterocycles. The van der Waals surface area contributed by atoms with Gasteiger partial charge in [0.2, 0.25) is 0 Å². The number of benzene rings is 1. The summed E-state index contributed by atoms with van der Waals surface area (Å²) in [5.41, 5.74) is 8.25. The van der Waals surface area contributed by atoms with Crippen LogP contribution in [0.2, 0.25) is 0 Å². The molecule has 2 rings (SSSR count). The second kappa shape index (κ2) is 6.15. The van der Waals surface area contributed by atoms with E-state index in [0.717, 1.165) is 29.8 Å². The fourth-order valence-electron chi connectivity index (χ4n) is 1.94. The summed E-state index contributed by atoms with van der Waals surface area (Å²) in [4.78, 5) is 4.89. The van der Waals surface area contributed by atoms with Crippen LogP contribution in [0, 0.1) is 0 Å². The SMILES string of the molecule is CS(=O)(=O)c1ccc(-c2cccc(CCCN)n2)cc1. The molecule has 0 radical (unpaired) electrons. The van der Waals surface area contributed by atoms with Crippen molar-refractivity contribution in [1.82, 2.24) is 4.98 Å². The monoisotopic (exact) mass is 290 g/mol. The van der Waals surface area contributed by atoms with E-state index in [4.69, 9.17) is 5.73 Å². The quantitative estimate of drug-likeness (QED) is 0.914. The average Bonchev–Trinajstić information content (AvgIpc) is 2.45. The highest BCUT2D eigenvalue weighted by molar-refractivity contribution is 7.90. The zero-order valence-corrected chi connectivity index (χ0v) is 12.2.